The molecule has 86 valence electrons. The predicted octanol–water partition coefficient (Wildman–Crippen LogP) is 1.62. The number of rotatable bonds is 5. The summed E-state index contributed by atoms with van der Waals surface area (Å²) in [6, 6.07) is 0. The molecule has 16 heavy (non-hydrogen) atoms. The SMILES string of the molecule is O=c1[nH]ccnc1NCC(C1CC1)C1CC1. The van der Waals surface area contributed by atoms with Gasteiger partial charge in [-0.25, -0.2) is 4.98 Å². The second kappa shape index (κ2) is 3.92. The minimum Gasteiger partial charge on any atom is -0.365 e. The van der Waals surface area contributed by atoms with Crippen molar-refractivity contribution in [2.75, 3.05) is 11.9 Å². The van der Waals surface area contributed by atoms with Gasteiger partial charge in [-0.15, -0.1) is 0 Å². The Hall–Kier alpha value is -1.32. The van der Waals surface area contributed by atoms with Gasteiger partial charge in [-0.05, 0) is 43.4 Å². The lowest BCUT2D eigenvalue weighted by Crippen LogP contribution is -2.23. The van der Waals surface area contributed by atoms with Crippen LogP contribution in [0.3, 0.4) is 0 Å². The molecule has 3 rings (SSSR count). The predicted molar refractivity (Wildman–Crippen MR) is 62.3 cm³/mol. The lowest BCUT2D eigenvalue weighted by atomic mass is 9.98. The molecule has 0 aliphatic heterocycles. The summed E-state index contributed by atoms with van der Waals surface area (Å²) in [5, 5.41) is 3.20. The number of anilines is 1. The smallest absolute Gasteiger partial charge is 0.290 e. The zero-order valence-electron chi connectivity index (χ0n) is 9.28. The van der Waals surface area contributed by atoms with Crippen LogP contribution in [0.1, 0.15) is 25.7 Å². The maximum atomic E-state index is 11.4. The Morgan fingerprint density at radius 2 is 2.06 bits per heavy atom. The zero-order chi connectivity index (χ0) is 11.0. The fraction of sp³-hybridized carbons (Fsp3) is 0.667. The minimum absolute atomic E-state index is 0.118. The molecule has 0 aromatic carbocycles. The average molecular weight is 219 g/mol. The Kier molecular flexibility index (Phi) is 2.42. The summed E-state index contributed by atoms with van der Waals surface area (Å²) < 4.78 is 0. The summed E-state index contributed by atoms with van der Waals surface area (Å²) in [4.78, 5) is 18.1. The maximum absolute atomic E-state index is 11.4. The molecule has 2 aliphatic rings. The van der Waals surface area contributed by atoms with E-state index in [9.17, 15) is 4.79 Å². The topological polar surface area (TPSA) is 57.8 Å². The molecule has 0 radical (unpaired) electrons. The molecule has 2 fully saturated rings. The Morgan fingerprint density at radius 1 is 1.38 bits per heavy atom. The number of H-pyrrole nitrogens is 1. The first kappa shape index (κ1) is 9.87. The number of hydrogen-bond acceptors (Lipinski definition) is 3. The summed E-state index contributed by atoms with van der Waals surface area (Å²) in [7, 11) is 0. The van der Waals surface area contributed by atoms with E-state index in [1.54, 1.807) is 12.4 Å². The van der Waals surface area contributed by atoms with E-state index < -0.39 is 0 Å². The molecule has 1 heterocycles. The van der Waals surface area contributed by atoms with Crippen LogP contribution in [-0.2, 0) is 0 Å². The second-order valence-corrected chi connectivity index (χ2v) is 4.99. The van der Waals surface area contributed by atoms with Gasteiger partial charge in [0.15, 0.2) is 5.82 Å². The molecule has 2 N–H and O–H groups in total. The molecule has 0 bridgehead atoms. The van der Waals surface area contributed by atoms with Crippen molar-refractivity contribution in [2.24, 2.45) is 17.8 Å². The van der Waals surface area contributed by atoms with Crippen molar-refractivity contribution in [3.63, 3.8) is 0 Å². The van der Waals surface area contributed by atoms with Crippen molar-refractivity contribution in [2.45, 2.75) is 25.7 Å². The highest BCUT2D eigenvalue weighted by Crippen LogP contribution is 2.48. The van der Waals surface area contributed by atoms with Gasteiger partial charge in [0.1, 0.15) is 0 Å². The van der Waals surface area contributed by atoms with E-state index in [4.69, 9.17) is 0 Å². The van der Waals surface area contributed by atoms with Gasteiger partial charge in [0.25, 0.3) is 5.56 Å². The van der Waals surface area contributed by atoms with Crippen molar-refractivity contribution in [1.29, 1.82) is 0 Å². The minimum atomic E-state index is -0.118. The number of nitrogens with zero attached hydrogens (tertiary/aromatic N) is 1. The Labute approximate surface area is 94.5 Å². The monoisotopic (exact) mass is 219 g/mol. The van der Waals surface area contributed by atoms with Gasteiger partial charge in [-0.3, -0.25) is 4.79 Å². The molecule has 1 aromatic rings. The van der Waals surface area contributed by atoms with Crippen LogP contribution in [-0.4, -0.2) is 16.5 Å². The number of aromatic nitrogens is 2. The Morgan fingerprint density at radius 3 is 2.62 bits per heavy atom. The first-order valence-electron chi connectivity index (χ1n) is 6.12. The zero-order valence-corrected chi connectivity index (χ0v) is 9.28. The lowest BCUT2D eigenvalue weighted by molar-refractivity contribution is 0.427. The molecule has 2 saturated carbocycles. The van der Waals surface area contributed by atoms with Crippen molar-refractivity contribution in [3.8, 4) is 0 Å². The third kappa shape index (κ3) is 2.10. The average Bonchev–Trinajstić information content (AvgIpc) is 3.15. The Bertz CT molecular complexity index is 408. The van der Waals surface area contributed by atoms with Crippen molar-refractivity contribution in [1.82, 2.24) is 9.97 Å². The fourth-order valence-corrected chi connectivity index (χ4v) is 2.46. The molecule has 0 amide bonds. The molecule has 4 nitrogen and oxygen atoms in total. The maximum Gasteiger partial charge on any atom is 0.290 e. The molecule has 0 atom stereocenters. The number of nitrogens with one attached hydrogen (secondary N) is 2. The highest BCUT2D eigenvalue weighted by atomic mass is 16.1. The second-order valence-electron chi connectivity index (χ2n) is 4.99. The van der Waals surface area contributed by atoms with Crippen LogP contribution >= 0.6 is 0 Å². The third-order valence-electron chi connectivity index (χ3n) is 3.67. The Balaban J connectivity index is 1.62. The van der Waals surface area contributed by atoms with Gasteiger partial charge in [-0.2, -0.15) is 0 Å². The summed E-state index contributed by atoms with van der Waals surface area (Å²) >= 11 is 0. The van der Waals surface area contributed by atoms with Crippen LogP contribution in [0.5, 0.6) is 0 Å². The van der Waals surface area contributed by atoms with E-state index in [1.165, 1.54) is 25.7 Å². The summed E-state index contributed by atoms with van der Waals surface area (Å²) in [6.07, 6.45) is 8.69. The van der Waals surface area contributed by atoms with E-state index in [2.05, 4.69) is 15.3 Å². The van der Waals surface area contributed by atoms with Crippen LogP contribution in [0.15, 0.2) is 17.2 Å². The van der Waals surface area contributed by atoms with Crippen LogP contribution in [0.2, 0.25) is 0 Å². The van der Waals surface area contributed by atoms with Crippen molar-refractivity contribution in [3.05, 3.63) is 22.7 Å². The standard InChI is InChI=1S/C12H17N3O/c16-12-11(13-5-6-14-12)15-7-10(8-1-2-8)9-3-4-9/h5-6,8-10H,1-4,7H2,(H,13,15)(H,14,16). The molecule has 0 saturated heterocycles. The van der Waals surface area contributed by atoms with Gasteiger partial charge in [0.2, 0.25) is 0 Å². The van der Waals surface area contributed by atoms with Crippen LogP contribution < -0.4 is 10.9 Å². The van der Waals surface area contributed by atoms with Crippen LogP contribution in [0.25, 0.3) is 0 Å². The first-order valence-corrected chi connectivity index (χ1v) is 6.12. The van der Waals surface area contributed by atoms with E-state index in [-0.39, 0.29) is 5.56 Å². The summed E-state index contributed by atoms with van der Waals surface area (Å²) in [5.74, 6) is 3.04. The van der Waals surface area contributed by atoms with Crippen LogP contribution in [0.4, 0.5) is 5.82 Å². The van der Waals surface area contributed by atoms with Gasteiger partial charge in [0.05, 0.1) is 0 Å². The van der Waals surface area contributed by atoms with E-state index in [1.807, 2.05) is 0 Å². The van der Waals surface area contributed by atoms with Gasteiger partial charge in [-0.1, -0.05) is 0 Å². The van der Waals surface area contributed by atoms with Crippen LogP contribution in [0, 0.1) is 17.8 Å². The van der Waals surface area contributed by atoms with Gasteiger partial charge >= 0.3 is 0 Å². The fourth-order valence-electron chi connectivity index (χ4n) is 2.46. The molecule has 2 aliphatic carbocycles. The third-order valence-corrected chi connectivity index (χ3v) is 3.67. The van der Waals surface area contributed by atoms with E-state index >= 15 is 0 Å². The first-order chi connectivity index (χ1) is 7.84. The van der Waals surface area contributed by atoms with Gasteiger partial charge in [0, 0.05) is 18.9 Å². The van der Waals surface area contributed by atoms with Gasteiger partial charge < -0.3 is 10.3 Å². The highest BCUT2D eigenvalue weighted by Gasteiger charge is 2.41. The van der Waals surface area contributed by atoms with E-state index in [0.29, 0.717) is 5.82 Å². The molecule has 4 heteroatoms. The van der Waals surface area contributed by atoms with Crippen molar-refractivity contribution < 1.29 is 0 Å². The summed E-state index contributed by atoms with van der Waals surface area (Å²) in [5.41, 5.74) is -0.118. The number of hydrogen-bond donors (Lipinski definition) is 2. The molecule has 0 spiro atoms. The normalized spacial score (nSPS) is 20.1. The molecule has 1 aromatic heterocycles. The largest absolute Gasteiger partial charge is 0.365 e. The molecular formula is C12H17N3O. The van der Waals surface area contributed by atoms with E-state index in [0.717, 1.165) is 24.3 Å². The summed E-state index contributed by atoms with van der Waals surface area (Å²) in [6.45, 7) is 0.912. The highest BCUT2D eigenvalue weighted by molar-refractivity contribution is 5.30. The molecular weight excluding hydrogens is 202 g/mol. The molecule has 0 unspecified atom stereocenters. The quantitative estimate of drug-likeness (QED) is 0.791. The van der Waals surface area contributed by atoms with Crippen molar-refractivity contribution >= 4 is 5.82 Å². The lowest BCUT2D eigenvalue weighted by Gasteiger charge is -2.15. The number of aromatic amines is 1.